The number of halogens is 1. The number of rotatable bonds is 6. The number of aliphatic hydroxyl groups is 1. The molecule has 1 aliphatic carbocycles. The number of aromatic nitrogens is 4. The third kappa shape index (κ3) is 4.05. The minimum Gasteiger partial charge on any atom is -0.394 e. The first-order valence-corrected chi connectivity index (χ1v) is 9.52. The van der Waals surface area contributed by atoms with E-state index in [2.05, 4.69) is 20.4 Å². The lowest BCUT2D eigenvalue weighted by Gasteiger charge is -2.12. The summed E-state index contributed by atoms with van der Waals surface area (Å²) >= 11 is 5.99. The van der Waals surface area contributed by atoms with Crippen molar-refractivity contribution < 1.29 is 9.90 Å². The van der Waals surface area contributed by atoms with Gasteiger partial charge in [0.2, 0.25) is 0 Å². The van der Waals surface area contributed by atoms with Gasteiger partial charge < -0.3 is 10.4 Å². The zero-order chi connectivity index (χ0) is 19.7. The molecule has 1 amide bonds. The van der Waals surface area contributed by atoms with Crippen LogP contribution in [0, 0.1) is 0 Å². The van der Waals surface area contributed by atoms with E-state index in [-0.39, 0.29) is 24.2 Å². The van der Waals surface area contributed by atoms with Gasteiger partial charge in [0.15, 0.2) is 5.82 Å². The highest BCUT2D eigenvalue weighted by Crippen LogP contribution is 2.35. The Kier molecular flexibility index (Phi) is 5.11. The zero-order valence-corrected chi connectivity index (χ0v) is 16.1. The molecule has 1 aliphatic rings. The first-order chi connectivity index (χ1) is 13.5. The predicted molar refractivity (Wildman–Crippen MR) is 106 cm³/mol. The third-order valence-corrected chi connectivity index (χ3v) is 4.78. The summed E-state index contributed by atoms with van der Waals surface area (Å²) in [4.78, 5) is 21.7. The molecule has 0 aliphatic heterocycles. The van der Waals surface area contributed by atoms with E-state index in [0.29, 0.717) is 22.6 Å². The monoisotopic (exact) mass is 397 g/mol. The summed E-state index contributed by atoms with van der Waals surface area (Å²) < 4.78 is 1.92. The number of carbonyl (C=O) groups is 1. The van der Waals surface area contributed by atoms with Gasteiger partial charge in [-0.1, -0.05) is 23.7 Å². The Bertz CT molecular complexity index is 998. The van der Waals surface area contributed by atoms with E-state index in [0.717, 1.165) is 24.0 Å². The van der Waals surface area contributed by atoms with Crippen LogP contribution in [0.1, 0.15) is 36.3 Å². The molecule has 3 aromatic rings. The quantitative estimate of drug-likeness (QED) is 0.666. The first-order valence-electron chi connectivity index (χ1n) is 9.15. The topological polar surface area (TPSA) is 92.9 Å². The van der Waals surface area contributed by atoms with E-state index in [1.54, 1.807) is 31.3 Å². The normalized spacial score (nSPS) is 14.7. The van der Waals surface area contributed by atoms with E-state index in [9.17, 15) is 9.90 Å². The number of hydrogen-bond donors (Lipinski definition) is 2. The van der Waals surface area contributed by atoms with Gasteiger partial charge in [-0.25, -0.2) is 9.97 Å². The van der Waals surface area contributed by atoms with Crippen LogP contribution in [0.25, 0.3) is 22.6 Å². The molecule has 0 unspecified atom stereocenters. The van der Waals surface area contributed by atoms with Gasteiger partial charge in [-0.15, -0.1) is 0 Å². The van der Waals surface area contributed by atoms with Crippen LogP contribution in [0.15, 0.2) is 42.7 Å². The summed E-state index contributed by atoms with van der Waals surface area (Å²) in [6, 6.07) is 8.95. The molecule has 0 spiro atoms. The number of aliphatic hydroxyl groups excluding tert-OH is 1. The molecule has 2 heterocycles. The maximum Gasteiger partial charge on any atom is 0.270 e. The minimum atomic E-state index is -0.373. The number of amides is 1. The maximum absolute atomic E-state index is 12.6. The highest BCUT2D eigenvalue weighted by Gasteiger charge is 2.25. The summed E-state index contributed by atoms with van der Waals surface area (Å²) in [5.41, 5.74) is 2.43. The van der Waals surface area contributed by atoms with Gasteiger partial charge in [0.1, 0.15) is 5.69 Å². The highest BCUT2D eigenvalue weighted by molar-refractivity contribution is 6.30. The van der Waals surface area contributed by atoms with E-state index in [4.69, 9.17) is 11.6 Å². The number of nitrogens with one attached hydrogen (secondary N) is 1. The Morgan fingerprint density at radius 2 is 2.04 bits per heavy atom. The van der Waals surface area contributed by atoms with Crippen LogP contribution in [0.3, 0.4) is 0 Å². The standard InChI is InChI=1S/C20H20ClN5O2/c1-12(11-27)23-20(28)18-8-17(13-2-4-15(21)5-3-13)24-19(25-18)14-9-22-26(10-14)16-6-7-16/h2-5,8-10,12,16,27H,6-7,11H2,1H3,(H,23,28)/t12-/m0/s1. The fourth-order valence-corrected chi connectivity index (χ4v) is 2.92. The van der Waals surface area contributed by atoms with E-state index in [1.807, 2.05) is 23.0 Å². The van der Waals surface area contributed by atoms with Gasteiger partial charge in [-0.2, -0.15) is 5.10 Å². The van der Waals surface area contributed by atoms with Crippen molar-refractivity contribution in [2.75, 3.05) is 6.61 Å². The summed E-state index contributed by atoms with van der Waals surface area (Å²) in [5, 5.41) is 16.9. The van der Waals surface area contributed by atoms with Crippen molar-refractivity contribution in [2.45, 2.75) is 31.8 Å². The van der Waals surface area contributed by atoms with Gasteiger partial charge in [-0.3, -0.25) is 9.48 Å². The molecule has 144 valence electrons. The SMILES string of the molecule is C[C@@H](CO)NC(=O)c1cc(-c2ccc(Cl)cc2)nc(-c2cnn(C3CC3)c2)n1. The molecule has 1 saturated carbocycles. The lowest BCUT2D eigenvalue weighted by atomic mass is 10.1. The Balaban J connectivity index is 1.75. The van der Waals surface area contributed by atoms with Gasteiger partial charge in [0.05, 0.1) is 30.1 Å². The molecule has 1 atom stereocenters. The largest absolute Gasteiger partial charge is 0.394 e. The van der Waals surface area contributed by atoms with Crippen LogP contribution in [-0.4, -0.2) is 43.4 Å². The molecule has 0 radical (unpaired) electrons. The van der Waals surface area contributed by atoms with Crippen molar-refractivity contribution in [2.24, 2.45) is 0 Å². The average molecular weight is 398 g/mol. The van der Waals surface area contributed by atoms with Crippen LogP contribution < -0.4 is 5.32 Å². The van der Waals surface area contributed by atoms with Crippen LogP contribution >= 0.6 is 11.6 Å². The highest BCUT2D eigenvalue weighted by atomic mass is 35.5. The van der Waals surface area contributed by atoms with E-state index >= 15 is 0 Å². The van der Waals surface area contributed by atoms with Crippen molar-refractivity contribution in [3.63, 3.8) is 0 Å². The Hall–Kier alpha value is -2.77. The second-order valence-corrected chi connectivity index (χ2v) is 7.40. The Morgan fingerprint density at radius 3 is 2.71 bits per heavy atom. The molecule has 0 saturated heterocycles. The van der Waals surface area contributed by atoms with Gasteiger partial charge in [0, 0.05) is 22.8 Å². The average Bonchev–Trinajstić information content (AvgIpc) is 3.44. The van der Waals surface area contributed by atoms with Crippen molar-refractivity contribution in [1.82, 2.24) is 25.1 Å². The number of carbonyl (C=O) groups excluding carboxylic acids is 1. The van der Waals surface area contributed by atoms with E-state index in [1.165, 1.54) is 0 Å². The lowest BCUT2D eigenvalue weighted by Crippen LogP contribution is -2.35. The number of hydrogen-bond acceptors (Lipinski definition) is 5. The third-order valence-electron chi connectivity index (χ3n) is 4.53. The van der Waals surface area contributed by atoms with E-state index < -0.39 is 0 Å². The molecule has 1 aromatic carbocycles. The van der Waals surface area contributed by atoms with Crippen LogP contribution in [0.5, 0.6) is 0 Å². The summed E-state index contributed by atoms with van der Waals surface area (Å²) in [6.45, 7) is 1.57. The smallest absolute Gasteiger partial charge is 0.270 e. The Morgan fingerprint density at radius 1 is 1.29 bits per heavy atom. The molecule has 2 N–H and O–H groups in total. The molecule has 1 fully saturated rings. The fraction of sp³-hybridized carbons (Fsp3) is 0.300. The lowest BCUT2D eigenvalue weighted by molar-refractivity contribution is 0.0917. The summed E-state index contributed by atoms with van der Waals surface area (Å²) in [5.74, 6) is 0.0659. The molecule has 28 heavy (non-hydrogen) atoms. The van der Waals surface area contributed by atoms with Crippen molar-refractivity contribution in [3.8, 4) is 22.6 Å². The summed E-state index contributed by atoms with van der Waals surface area (Å²) in [7, 11) is 0. The first kappa shape index (κ1) is 18.6. The predicted octanol–water partition coefficient (Wildman–Crippen LogP) is 3.11. The number of benzene rings is 1. The molecule has 7 nitrogen and oxygen atoms in total. The molecule has 0 bridgehead atoms. The fourth-order valence-electron chi connectivity index (χ4n) is 2.80. The molecule has 2 aromatic heterocycles. The Labute approximate surface area is 167 Å². The molecule has 8 heteroatoms. The van der Waals surface area contributed by atoms with Gasteiger partial charge in [0.25, 0.3) is 5.91 Å². The van der Waals surface area contributed by atoms with Gasteiger partial charge >= 0.3 is 0 Å². The van der Waals surface area contributed by atoms with Crippen molar-refractivity contribution >= 4 is 17.5 Å². The maximum atomic E-state index is 12.6. The second-order valence-electron chi connectivity index (χ2n) is 6.97. The number of nitrogens with zero attached hydrogens (tertiary/aromatic N) is 4. The summed E-state index contributed by atoms with van der Waals surface area (Å²) in [6.07, 6.45) is 5.88. The molecular weight excluding hydrogens is 378 g/mol. The molecule has 4 rings (SSSR count). The van der Waals surface area contributed by atoms with Crippen LogP contribution in [-0.2, 0) is 0 Å². The zero-order valence-electron chi connectivity index (χ0n) is 15.3. The van der Waals surface area contributed by atoms with Crippen molar-refractivity contribution in [3.05, 3.63) is 53.4 Å². The molecular formula is C20H20ClN5O2. The second kappa shape index (κ2) is 7.69. The van der Waals surface area contributed by atoms with Crippen LogP contribution in [0.4, 0.5) is 0 Å². The van der Waals surface area contributed by atoms with Gasteiger partial charge in [-0.05, 0) is 38.0 Å². The minimum absolute atomic E-state index is 0.151. The van der Waals surface area contributed by atoms with Crippen LogP contribution in [0.2, 0.25) is 5.02 Å². The van der Waals surface area contributed by atoms with Crippen molar-refractivity contribution in [1.29, 1.82) is 0 Å².